The number of ether oxygens (including phenoxy) is 1. The summed E-state index contributed by atoms with van der Waals surface area (Å²) in [6.45, 7) is 0. The Morgan fingerprint density at radius 2 is 2.11 bits per heavy atom. The third kappa shape index (κ3) is 1.70. The molecule has 3 nitrogen and oxygen atoms in total. The smallest absolute Gasteiger partial charge is 0.176 e. The van der Waals surface area contributed by atoms with Gasteiger partial charge < -0.3 is 9.15 Å². The van der Waals surface area contributed by atoms with Crippen LogP contribution in [0.2, 0.25) is 0 Å². The van der Waals surface area contributed by atoms with Gasteiger partial charge in [-0.15, -0.1) is 0 Å². The molecule has 1 aliphatic carbocycles. The summed E-state index contributed by atoms with van der Waals surface area (Å²) < 4.78 is 11.2. The molecule has 1 heterocycles. The van der Waals surface area contributed by atoms with Crippen LogP contribution in [0.4, 0.5) is 0 Å². The number of rotatable bonds is 3. The molecule has 0 unspecified atom stereocenters. The average molecular weight is 244 g/mol. The first kappa shape index (κ1) is 11.3. The van der Waals surface area contributed by atoms with Gasteiger partial charge in [0.25, 0.3) is 0 Å². The van der Waals surface area contributed by atoms with E-state index in [1.165, 1.54) is 25.7 Å². The standard InChI is InChI=1S/C15H16O3/c1-17-13-7-6-11(9-16)12-8-14(18-15(12)13)10-4-2-3-5-10/h6-10H,2-5H2,1H3. The molecule has 0 spiro atoms. The Morgan fingerprint density at radius 3 is 2.78 bits per heavy atom. The topological polar surface area (TPSA) is 39.4 Å². The van der Waals surface area contributed by atoms with Gasteiger partial charge in [-0.3, -0.25) is 4.79 Å². The van der Waals surface area contributed by atoms with Crippen molar-refractivity contribution in [2.45, 2.75) is 31.6 Å². The Hall–Kier alpha value is -1.77. The Bertz CT molecular complexity index is 577. The second-order valence-corrected chi connectivity index (χ2v) is 4.85. The monoisotopic (exact) mass is 244 g/mol. The second-order valence-electron chi connectivity index (χ2n) is 4.85. The molecule has 0 bridgehead atoms. The fourth-order valence-electron chi connectivity index (χ4n) is 2.81. The molecule has 1 aliphatic rings. The number of aldehydes is 1. The third-order valence-electron chi connectivity index (χ3n) is 3.80. The second kappa shape index (κ2) is 4.48. The highest BCUT2D eigenvalue weighted by atomic mass is 16.5. The van der Waals surface area contributed by atoms with Crippen LogP contribution < -0.4 is 4.74 Å². The lowest BCUT2D eigenvalue weighted by atomic mass is 10.0. The van der Waals surface area contributed by atoms with Gasteiger partial charge in [-0.05, 0) is 31.0 Å². The minimum absolute atomic E-state index is 0.501. The van der Waals surface area contributed by atoms with Crippen molar-refractivity contribution >= 4 is 17.3 Å². The molecule has 1 aromatic carbocycles. The zero-order chi connectivity index (χ0) is 12.5. The van der Waals surface area contributed by atoms with E-state index in [1.54, 1.807) is 19.2 Å². The van der Waals surface area contributed by atoms with Gasteiger partial charge in [0.1, 0.15) is 5.76 Å². The lowest BCUT2D eigenvalue weighted by molar-refractivity contribution is 0.112. The first-order valence-electron chi connectivity index (χ1n) is 6.39. The molecule has 0 amide bonds. The Labute approximate surface area is 106 Å². The fourth-order valence-corrected chi connectivity index (χ4v) is 2.81. The van der Waals surface area contributed by atoms with Crippen molar-refractivity contribution < 1.29 is 13.9 Å². The normalized spacial score (nSPS) is 16.3. The van der Waals surface area contributed by atoms with Gasteiger partial charge in [0.2, 0.25) is 0 Å². The summed E-state index contributed by atoms with van der Waals surface area (Å²) in [5, 5.41) is 0.867. The van der Waals surface area contributed by atoms with Crippen LogP contribution in [0.1, 0.15) is 47.7 Å². The minimum atomic E-state index is 0.501. The van der Waals surface area contributed by atoms with Crippen LogP contribution in [-0.4, -0.2) is 13.4 Å². The van der Waals surface area contributed by atoms with Gasteiger partial charge in [-0.2, -0.15) is 0 Å². The van der Waals surface area contributed by atoms with E-state index in [-0.39, 0.29) is 0 Å². The number of carbonyl (C=O) groups is 1. The van der Waals surface area contributed by atoms with Crippen molar-refractivity contribution in [1.29, 1.82) is 0 Å². The number of hydrogen-bond acceptors (Lipinski definition) is 3. The predicted molar refractivity (Wildman–Crippen MR) is 69.4 cm³/mol. The molecule has 0 radical (unpaired) electrons. The molecule has 18 heavy (non-hydrogen) atoms. The maximum Gasteiger partial charge on any atom is 0.176 e. The van der Waals surface area contributed by atoms with E-state index < -0.39 is 0 Å². The minimum Gasteiger partial charge on any atom is -0.493 e. The summed E-state index contributed by atoms with van der Waals surface area (Å²) in [4.78, 5) is 11.1. The first-order valence-corrected chi connectivity index (χ1v) is 6.39. The maximum absolute atomic E-state index is 11.1. The van der Waals surface area contributed by atoms with Crippen molar-refractivity contribution in [2.24, 2.45) is 0 Å². The summed E-state index contributed by atoms with van der Waals surface area (Å²) in [6, 6.07) is 5.58. The number of furan rings is 1. The number of carbonyl (C=O) groups excluding carboxylic acids is 1. The number of hydrogen-bond donors (Lipinski definition) is 0. The van der Waals surface area contributed by atoms with E-state index >= 15 is 0 Å². The van der Waals surface area contributed by atoms with Crippen molar-refractivity contribution in [3.05, 3.63) is 29.5 Å². The van der Waals surface area contributed by atoms with Crippen molar-refractivity contribution in [3.8, 4) is 5.75 Å². The Balaban J connectivity index is 2.16. The van der Waals surface area contributed by atoms with E-state index in [0.717, 1.165) is 17.4 Å². The zero-order valence-corrected chi connectivity index (χ0v) is 10.4. The maximum atomic E-state index is 11.1. The molecule has 2 aromatic rings. The van der Waals surface area contributed by atoms with Crippen LogP contribution in [0, 0.1) is 0 Å². The molecule has 0 N–H and O–H groups in total. The summed E-state index contributed by atoms with van der Waals surface area (Å²) in [7, 11) is 1.62. The van der Waals surface area contributed by atoms with Gasteiger partial charge >= 0.3 is 0 Å². The van der Waals surface area contributed by atoms with Gasteiger partial charge in [0.15, 0.2) is 17.6 Å². The summed E-state index contributed by atoms with van der Waals surface area (Å²) in [5.41, 5.74) is 1.36. The molecule has 1 aromatic heterocycles. The van der Waals surface area contributed by atoms with Gasteiger partial charge in [-0.25, -0.2) is 0 Å². The highest BCUT2D eigenvalue weighted by Crippen LogP contribution is 2.39. The van der Waals surface area contributed by atoms with Crippen LogP contribution in [-0.2, 0) is 0 Å². The quantitative estimate of drug-likeness (QED) is 0.768. The Kier molecular flexibility index (Phi) is 2.82. The molecular weight excluding hydrogens is 228 g/mol. The van der Waals surface area contributed by atoms with Crippen LogP contribution in [0.25, 0.3) is 11.0 Å². The fraction of sp³-hybridized carbons (Fsp3) is 0.400. The molecule has 0 aliphatic heterocycles. The van der Waals surface area contributed by atoms with E-state index in [0.29, 0.717) is 22.8 Å². The van der Waals surface area contributed by atoms with Gasteiger partial charge in [0, 0.05) is 16.9 Å². The van der Waals surface area contributed by atoms with Crippen LogP contribution in [0.3, 0.4) is 0 Å². The molecule has 1 fully saturated rings. The molecule has 0 atom stereocenters. The summed E-state index contributed by atoms with van der Waals surface area (Å²) in [6.07, 6.45) is 5.76. The molecule has 94 valence electrons. The zero-order valence-electron chi connectivity index (χ0n) is 10.4. The predicted octanol–water partition coefficient (Wildman–Crippen LogP) is 3.91. The summed E-state index contributed by atoms with van der Waals surface area (Å²) in [5.74, 6) is 2.19. The molecule has 3 heteroatoms. The van der Waals surface area contributed by atoms with Crippen LogP contribution in [0.5, 0.6) is 5.75 Å². The van der Waals surface area contributed by atoms with Gasteiger partial charge in [0.05, 0.1) is 7.11 Å². The molecular formula is C15H16O3. The number of methoxy groups -OCH3 is 1. The number of benzene rings is 1. The third-order valence-corrected chi connectivity index (χ3v) is 3.80. The average Bonchev–Trinajstić information content (AvgIpc) is 3.05. The SMILES string of the molecule is COc1ccc(C=O)c2cc(C3CCCC3)oc12. The van der Waals surface area contributed by atoms with Crippen molar-refractivity contribution in [2.75, 3.05) is 7.11 Å². The first-order chi connectivity index (χ1) is 8.83. The molecule has 3 rings (SSSR count). The highest BCUT2D eigenvalue weighted by Gasteiger charge is 2.22. The lowest BCUT2D eigenvalue weighted by Crippen LogP contribution is -1.87. The van der Waals surface area contributed by atoms with E-state index in [9.17, 15) is 4.79 Å². The summed E-state index contributed by atoms with van der Waals surface area (Å²) >= 11 is 0. The van der Waals surface area contributed by atoms with Crippen LogP contribution >= 0.6 is 0 Å². The largest absolute Gasteiger partial charge is 0.493 e. The van der Waals surface area contributed by atoms with E-state index in [2.05, 4.69) is 0 Å². The molecule has 0 saturated heterocycles. The molecule has 1 saturated carbocycles. The van der Waals surface area contributed by atoms with Crippen molar-refractivity contribution in [3.63, 3.8) is 0 Å². The van der Waals surface area contributed by atoms with Gasteiger partial charge in [-0.1, -0.05) is 12.8 Å². The highest BCUT2D eigenvalue weighted by molar-refractivity contribution is 5.98. The number of fused-ring (bicyclic) bond motifs is 1. The lowest BCUT2D eigenvalue weighted by Gasteiger charge is -2.03. The Morgan fingerprint density at radius 1 is 1.33 bits per heavy atom. The van der Waals surface area contributed by atoms with Crippen LogP contribution in [0.15, 0.2) is 22.6 Å². The van der Waals surface area contributed by atoms with Crippen molar-refractivity contribution in [1.82, 2.24) is 0 Å². The van der Waals surface area contributed by atoms with E-state index in [4.69, 9.17) is 9.15 Å². The van der Waals surface area contributed by atoms with E-state index in [1.807, 2.05) is 6.07 Å².